The van der Waals surface area contributed by atoms with Gasteiger partial charge in [0.2, 0.25) is 0 Å². The van der Waals surface area contributed by atoms with Crippen LogP contribution in [-0.2, 0) is 16.6 Å². The predicted octanol–water partition coefficient (Wildman–Crippen LogP) is 2.18. The number of esters is 1. The Balaban J connectivity index is 1.88. The van der Waals surface area contributed by atoms with Crippen molar-refractivity contribution in [3.05, 3.63) is 23.0 Å². The molecule has 0 unspecified atom stereocenters. The minimum Gasteiger partial charge on any atom is -0.469 e. The zero-order chi connectivity index (χ0) is 18.1. The first-order chi connectivity index (χ1) is 11.9. The molecule has 0 radical (unpaired) electrons. The average Bonchev–Trinajstić information content (AvgIpc) is 3.40. The highest BCUT2D eigenvalue weighted by Crippen LogP contribution is 2.40. The lowest BCUT2D eigenvalue weighted by Gasteiger charge is -2.18. The number of hydrogen-bond donors (Lipinski definition) is 0. The monoisotopic (exact) mass is 344 g/mol. The van der Waals surface area contributed by atoms with E-state index < -0.39 is 0 Å². The third-order valence-electron chi connectivity index (χ3n) is 4.66. The number of rotatable bonds is 6. The molecule has 7 nitrogen and oxygen atoms in total. The van der Waals surface area contributed by atoms with Crippen molar-refractivity contribution in [3.8, 4) is 0 Å². The van der Waals surface area contributed by atoms with Crippen LogP contribution in [0.2, 0.25) is 0 Å². The predicted molar refractivity (Wildman–Crippen MR) is 93.4 cm³/mol. The fraction of sp³-hybridized carbons (Fsp3) is 0.556. The summed E-state index contributed by atoms with van der Waals surface area (Å²) >= 11 is 0. The maximum absolute atomic E-state index is 13.0. The molecular weight excluding hydrogens is 320 g/mol. The number of aryl methyl sites for hydroxylation is 2. The average molecular weight is 344 g/mol. The second kappa shape index (κ2) is 6.82. The van der Waals surface area contributed by atoms with Gasteiger partial charge in [-0.15, -0.1) is 0 Å². The fourth-order valence-electron chi connectivity index (χ4n) is 3.09. The summed E-state index contributed by atoms with van der Waals surface area (Å²) in [6, 6.07) is 1.92. The Hall–Kier alpha value is -2.44. The Labute approximate surface area is 147 Å². The Kier molecular flexibility index (Phi) is 4.74. The maximum atomic E-state index is 13.0. The van der Waals surface area contributed by atoms with E-state index in [-0.39, 0.29) is 11.9 Å². The van der Waals surface area contributed by atoms with Crippen LogP contribution in [0.5, 0.6) is 0 Å². The van der Waals surface area contributed by atoms with Crippen LogP contribution in [0.25, 0.3) is 11.0 Å². The molecule has 1 saturated carbocycles. The van der Waals surface area contributed by atoms with E-state index in [4.69, 9.17) is 4.98 Å². The Morgan fingerprint density at radius 2 is 2.12 bits per heavy atom. The van der Waals surface area contributed by atoms with Gasteiger partial charge >= 0.3 is 5.97 Å². The molecule has 2 aromatic heterocycles. The quantitative estimate of drug-likeness (QED) is 0.751. The van der Waals surface area contributed by atoms with Gasteiger partial charge in [-0.3, -0.25) is 14.3 Å². The van der Waals surface area contributed by atoms with Crippen molar-refractivity contribution in [3.63, 3.8) is 0 Å². The third kappa shape index (κ3) is 3.50. The molecule has 7 heteroatoms. The van der Waals surface area contributed by atoms with Crippen molar-refractivity contribution in [1.82, 2.24) is 19.7 Å². The first-order valence-electron chi connectivity index (χ1n) is 8.59. The number of carbonyl (C=O) groups is 2. The second-order valence-electron chi connectivity index (χ2n) is 6.68. The normalized spacial score (nSPS) is 13.9. The zero-order valence-electron chi connectivity index (χ0n) is 15.2. The van der Waals surface area contributed by atoms with Gasteiger partial charge in [0.1, 0.15) is 0 Å². The van der Waals surface area contributed by atoms with E-state index in [1.807, 2.05) is 20.0 Å². The molecule has 25 heavy (non-hydrogen) atoms. The number of carbonyl (C=O) groups excluding carboxylic acids is 2. The van der Waals surface area contributed by atoms with Crippen LogP contribution < -0.4 is 0 Å². The van der Waals surface area contributed by atoms with Gasteiger partial charge in [-0.2, -0.15) is 5.10 Å². The van der Waals surface area contributed by atoms with E-state index in [2.05, 4.69) is 9.84 Å². The highest BCUT2D eigenvalue weighted by atomic mass is 16.5. The van der Waals surface area contributed by atoms with Crippen molar-refractivity contribution < 1.29 is 14.3 Å². The van der Waals surface area contributed by atoms with Crippen LogP contribution in [0.4, 0.5) is 0 Å². The summed E-state index contributed by atoms with van der Waals surface area (Å²) in [6.45, 7) is 2.39. The van der Waals surface area contributed by atoms with Gasteiger partial charge in [-0.25, -0.2) is 4.98 Å². The van der Waals surface area contributed by atoms with Gasteiger partial charge in [0.05, 0.1) is 23.8 Å². The van der Waals surface area contributed by atoms with Crippen LogP contribution in [-0.4, -0.2) is 52.2 Å². The number of hydrogen-bond acceptors (Lipinski definition) is 5. The van der Waals surface area contributed by atoms with Crippen molar-refractivity contribution in [2.75, 3.05) is 20.7 Å². The number of nitrogens with zero attached hydrogens (tertiary/aromatic N) is 4. The molecule has 0 bridgehead atoms. The number of methoxy groups -OCH3 is 1. The van der Waals surface area contributed by atoms with Gasteiger partial charge in [-0.05, 0) is 32.3 Å². The smallest absolute Gasteiger partial charge is 0.305 e. The molecule has 1 amide bonds. The van der Waals surface area contributed by atoms with Gasteiger partial charge in [0, 0.05) is 38.7 Å². The van der Waals surface area contributed by atoms with E-state index >= 15 is 0 Å². The summed E-state index contributed by atoms with van der Waals surface area (Å²) in [5.74, 6) is 0.136. The molecule has 0 aromatic carbocycles. The topological polar surface area (TPSA) is 77.3 Å². The van der Waals surface area contributed by atoms with Crippen LogP contribution in [0.1, 0.15) is 53.3 Å². The lowest BCUT2D eigenvalue weighted by Crippen LogP contribution is -2.28. The molecular formula is C18H24N4O3. The summed E-state index contributed by atoms with van der Waals surface area (Å²) in [4.78, 5) is 30.6. The van der Waals surface area contributed by atoms with Crippen molar-refractivity contribution in [2.24, 2.45) is 7.05 Å². The Bertz CT molecular complexity index is 823. The van der Waals surface area contributed by atoms with E-state index in [0.29, 0.717) is 30.9 Å². The lowest BCUT2D eigenvalue weighted by molar-refractivity contribution is -0.140. The minimum absolute atomic E-state index is 0.0599. The van der Waals surface area contributed by atoms with Crippen molar-refractivity contribution in [2.45, 2.75) is 38.5 Å². The third-order valence-corrected chi connectivity index (χ3v) is 4.66. The van der Waals surface area contributed by atoms with Crippen molar-refractivity contribution >= 4 is 22.9 Å². The molecule has 134 valence electrons. The summed E-state index contributed by atoms with van der Waals surface area (Å²) in [5, 5.41) is 5.25. The highest BCUT2D eigenvalue weighted by molar-refractivity contribution is 6.06. The van der Waals surface area contributed by atoms with Gasteiger partial charge in [-0.1, -0.05) is 0 Å². The number of ether oxygens (including phenoxy) is 1. The number of amides is 1. The summed E-state index contributed by atoms with van der Waals surface area (Å²) < 4.78 is 6.38. The van der Waals surface area contributed by atoms with Gasteiger partial charge < -0.3 is 9.64 Å². The van der Waals surface area contributed by atoms with Gasteiger partial charge in [0.25, 0.3) is 5.91 Å². The molecule has 1 fully saturated rings. The zero-order valence-corrected chi connectivity index (χ0v) is 15.2. The largest absolute Gasteiger partial charge is 0.469 e. The summed E-state index contributed by atoms with van der Waals surface area (Å²) in [6.07, 6.45) is 3.12. The minimum atomic E-state index is -0.258. The first-order valence-corrected chi connectivity index (χ1v) is 8.59. The van der Waals surface area contributed by atoms with Crippen molar-refractivity contribution in [1.29, 1.82) is 0 Å². The van der Waals surface area contributed by atoms with E-state index in [0.717, 1.165) is 35.3 Å². The fourth-order valence-corrected chi connectivity index (χ4v) is 3.09. The van der Waals surface area contributed by atoms with Crippen LogP contribution in [0.3, 0.4) is 0 Å². The number of pyridine rings is 1. The standard InChI is InChI=1S/C18H24N4O3/c1-11-16-13(18(24)21(2)9-5-6-15(23)25-4)10-14(12-7-8-12)19-17(16)22(3)20-11/h10,12H,5-9H2,1-4H3. The summed E-state index contributed by atoms with van der Waals surface area (Å²) in [7, 11) is 4.98. The molecule has 3 rings (SSSR count). The molecule has 0 N–H and O–H groups in total. The summed E-state index contributed by atoms with van der Waals surface area (Å²) in [5.41, 5.74) is 3.19. The molecule has 0 spiro atoms. The lowest BCUT2D eigenvalue weighted by atomic mass is 10.1. The number of fused-ring (bicyclic) bond motifs is 1. The molecule has 0 aliphatic heterocycles. The number of aromatic nitrogens is 3. The highest BCUT2D eigenvalue weighted by Gasteiger charge is 2.29. The van der Waals surface area contributed by atoms with Crippen LogP contribution in [0.15, 0.2) is 6.07 Å². The second-order valence-corrected chi connectivity index (χ2v) is 6.68. The SMILES string of the molecule is COC(=O)CCCN(C)C(=O)c1cc(C2CC2)nc2c1c(C)nn2C. The molecule has 1 aliphatic rings. The molecule has 0 saturated heterocycles. The van der Waals surface area contributed by atoms with E-state index in [9.17, 15) is 9.59 Å². The Morgan fingerprint density at radius 3 is 2.76 bits per heavy atom. The van der Waals surface area contributed by atoms with Crippen LogP contribution >= 0.6 is 0 Å². The first kappa shape index (κ1) is 17.4. The van der Waals surface area contributed by atoms with Gasteiger partial charge in [0.15, 0.2) is 5.65 Å². The van der Waals surface area contributed by atoms with E-state index in [1.54, 1.807) is 16.6 Å². The molecule has 2 heterocycles. The molecule has 0 atom stereocenters. The Morgan fingerprint density at radius 1 is 1.40 bits per heavy atom. The maximum Gasteiger partial charge on any atom is 0.305 e. The molecule has 1 aliphatic carbocycles. The molecule has 2 aromatic rings. The van der Waals surface area contributed by atoms with E-state index in [1.165, 1.54) is 7.11 Å². The van der Waals surface area contributed by atoms with Crippen LogP contribution in [0, 0.1) is 6.92 Å².